The fourth-order valence-corrected chi connectivity index (χ4v) is 6.75. The first-order chi connectivity index (χ1) is 22.9. The second-order valence-electron chi connectivity index (χ2n) is 14.8. The maximum Gasteiger partial charge on any atom is 0.0773 e. The van der Waals surface area contributed by atoms with E-state index in [1.165, 1.54) is 89.9 Å². The van der Waals surface area contributed by atoms with Crippen LogP contribution in [0.5, 0.6) is 0 Å². The minimum Gasteiger partial charge on any atom is -0.394 e. The van der Waals surface area contributed by atoms with Crippen LogP contribution in [0.2, 0.25) is 0 Å². The van der Waals surface area contributed by atoms with Gasteiger partial charge in [0, 0.05) is 0 Å². The zero-order chi connectivity index (χ0) is 34.8. The third kappa shape index (κ3) is 32.3. The molecule has 47 heavy (non-hydrogen) atoms. The largest absolute Gasteiger partial charge is 0.394 e. The van der Waals surface area contributed by atoms with Crippen molar-refractivity contribution in [3.05, 3.63) is 24.3 Å². The zero-order valence-electron chi connectivity index (χ0n) is 31.8. The van der Waals surface area contributed by atoms with Crippen molar-refractivity contribution >= 4 is 0 Å². The maximum absolute atomic E-state index is 10.1. The van der Waals surface area contributed by atoms with Crippen LogP contribution in [0.4, 0.5) is 0 Å². The number of hydrogen-bond donors (Lipinski definition) is 4. The Balaban J connectivity index is 4.92. The number of aliphatic hydroxyl groups is 4. The predicted octanol–water partition coefficient (Wildman–Crippen LogP) is 11.0. The van der Waals surface area contributed by atoms with Crippen molar-refractivity contribution in [3.63, 3.8) is 0 Å². The zero-order valence-corrected chi connectivity index (χ0v) is 31.8. The van der Waals surface area contributed by atoms with Crippen LogP contribution in [-0.2, 0) is 4.74 Å². The lowest BCUT2D eigenvalue weighted by Gasteiger charge is -2.30. The quantitative estimate of drug-likeness (QED) is 0.0395. The number of allylic oxidation sites excluding steroid dienone is 4. The van der Waals surface area contributed by atoms with E-state index in [2.05, 4.69) is 52.0 Å². The van der Waals surface area contributed by atoms with Gasteiger partial charge in [0.15, 0.2) is 0 Å². The van der Waals surface area contributed by atoms with Gasteiger partial charge in [-0.05, 0) is 102 Å². The van der Waals surface area contributed by atoms with Crippen molar-refractivity contribution in [2.75, 3.05) is 13.2 Å². The van der Waals surface area contributed by atoms with Gasteiger partial charge in [0.25, 0.3) is 0 Å². The summed E-state index contributed by atoms with van der Waals surface area (Å²) in [6, 6.07) is 0. The van der Waals surface area contributed by atoms with Gasteiger partial charge in [-0.15, -0.1) is 0 Å². The number of ether oxygens (including phenoxy) is 1. The van der Waals surface area contributed by atoms with E-state index in [4.69, 9.17) is 4.74 Å². The highest BCUT2D eigenvalue weighted by Crippen LogP contribution is 2.26. The minimum atomic E-state index is -0.674. The maximum atomic E-state index is 10.1. The summed E-state index contributed by atoms with van der Waals surface area (Å²) < 4.78 is 6.90. The second-order valence-corrected chi connectivity index (χ2v) is 14.8. The molecule has 0 aliphatic rings. The fraction of sp³-hybridized carbons (Fsp3) is 0.905. The average Bonchev–Trinajstić information content (AvgIpc) is 3.05. The molecule has 0 rings (SSSR count). The average molecular weight is 667 g/mol. The Labute approximate surface area is 293 Å². The van der Waals surface area contributed by atoms with Crippen molar-refractivity contribution in [2.45, 2.75) is 219 Å². The van der Waals surface area contributed by atoms with Gasteiger partial charge in [-0.25, -0.2) is 0 Å². The summed E-state index contributed by atoms with van der Waals surface area (Å²) >= 11 is 0. The fourth-order valence-electron chi connectivity index (χ4n) is 6.75. The van der Waals surface area contributed by atoms with Crippen molar-refractivity contribution in [1.82, 2.24) is 0 Å². The number of rotatable bonds is 36. The third-order valence-electron chi connectivity index (χ3n) is 9.56. The number of hydrogen-bond acceptors (Lipinski definition) is 5. The molecule has 6 atom stereocenters. The highest BCUT2D eigenvalue weighted by atomic mass is 16.5. The van der Waals surface area contributed by atoms with Gasteiger partial charge in [0.05, 0.1) is 37.6 Å². The van der Waals surface area contributed by atoms with E-state index < -0.39 is 12.2 Å². The predicted molar refractivity (Wildman–Crippen MR) is 203 cm³/mol. The second kappa shape index (κ2) is 35.1. The lowest BCUT2D eigenvalue weighted by atomic mass is 9.92. The molecule has 0 saturated heterocycles. The van der Waals surface area contributed by atoms with E-state index in [9.17, 15) is 20.4 Å². The monoisotopic (exact) mass is 667 g/mol. The van der Waals surface area contributed by atoms with E-state index in [0.29, 0.717) is 12.8 Å². The van der Waals surface area contributed by atoms with Crippen LogP contribution >= 0.6 is 0 Å². The van der Waals surface area contributed by atoms with E-state index in [0.717, 1.165) is 64.2 Å². The third-order valence-corrected chi connectivity index (χ3v) is 9.56. The molecule has 0 aliphatic heterocycles. The van der Waals surface area contributed by atoms with Crippen LogP contribution in [0.3, 0.4) is 0 Å². The van der Waals surface area contributed by atoms with E-state index in [1.54, 1.807) is 0 Å². The summed E-state index contributed by atoms with van der Waals surface area (Å²) in [6.45, 7) is 8.47. The van der Waals surface area contributed by atoms with Crippen molar-refractivity contribution in [1.29, 1.82) is 0 Å². The molecule has 0 spiro atoms. The topological polar surface area (TPSA) is 90.2 Å². The molecule has 4 N–H and O–H groups in total. The van der Waals surface area contributed by atoms with E-state index >= 15 is 0 Å². The summed E-state index contributed by atoms with van der Waals surface area (Å²) in [6.07, 6.45) is 38.7. The Morgan fingerprint density at radius 1 is 0.447 bits per heavy atom. The summed E-state index contributed by atoms with van der Waals surface area (Å²) in [5, 5.41) is 38.9. The Morgan fingerprint density at radius 2 is 0.766 bits per heavy atom. The molecule has 0 aliphatic carbocycles. The molecular weight excluding hydrogens is 584 g/mol. The molecular formula is C42H82O5. The Bertz CT molecular complexity index is 624. The molecule has 5 nitrogen and oxygen atoms in total. The molecule has 0 saturated carbocycles. The normalized spacial score (nSPS) is 16.2. The van der Waals surface area contributed by atoms with E-state index in [-0.39, 0.29) is 37.3 Å². The Hall–Kier alpha value is -0.720. The van der Waals surface area contributed by atoms with E-state index in [1.807, 2.05) is 0 Å². The molecule has 5 heteroatoms. The highest BCUT2D eigenvalue weighted by Gasteiger charge is 2.23. The molecule has 0 amide bonds. The van der Waals surface area contributed by atoms with Crippen LogP contribution < -0.4 is 0 Å². The smallest absolute Gasteiger partial charge is 0.0773 e. The van der Waals surface area contributed by atoms with Crippen LogP contribution in [0.1, 0.15) is 195 Å². The van der Waals surface area contributed by atoms with Gasteiger partial charge in [0.2, 0.25) is 0 Å². The molecule has 0 aromatic carbocycles. The highest BCUT2D eigenvalue weighted by molar-refractivity contribution is 4.83. The van der Waals surface area contributed by atoms with Crippen molar-refractivity contribution in [3.8, 4) is 0 Å². The van der Waals surface area contributed by atoms with Crippen molar-refractivity contribution < 1.29 is 25.2 Å². The van der Waals surface area contributed by atoms with Crippen LogP contribution in [0, 0.1) is 11.8 Å². The van der Waals surface area contributed by atoms with Gasteiger partial charge in [-0.1, -0.05) is 129 Å². The van der Waals surface area contributed by atoms with Gasteiger partial charge in [-0.2, -0.15) is 0 Å². The summed E-state index contributed by atoms with van der Waals surface area (Å²) in [5.41, 5.74) is 0. The van der Waals surface area contributed by atoms with Crippen LogP contribution in [0.25, 0.3) is 0 Å². The summed E-state index contributed by atoms with van der Waals surface area (Å²) in [7, 11) is 0. The Morgan fingerprint density at radius 3 is 1.11 bits per heavy atom. The molecule has 6 unspecified atom stereocenters. The number of unbranched alkanes of at least 4 members (excludes halogenated alkanes) is 16. The van der Waals surface area contributed by atoms with Crippen molar-refractivity contribution in [2.24, 2.45) is 11.8 Å². The molecule has 0 fully saturated rings. The first kappa shape index (κ1) is 46.3. The van der Waals surface area contributed by atoms with Gasteiger partial charge in [-0.3, -0.25) is 0 Å². The molecule has 0 bridgehead atoms. The summed E-state index contributed by atoms with van der Waals surface area (Å²) in [4.78, 5) is 0. The first-order valence-electron chi connectivity index (χ1n) is 20.4. The molecule has 0 aromatic rings. The standard InChI is InChI=1S/C42H82O5/c1-5-7-9-11-13-15-17-19-21-23-25-27-29-41(33-37(3)31-39(45)35-43)47-42(34-38(4)32-40(46)36-44)30-28-26-24-22-20-18-16-14-12-10-8-6-2/h19-22,37-46H,5-18,23-36H2,1-4H3/b21-19-,22-20-. The van der Waals surface area contributed by atoms with Crippen LogP contribution in [-0.4, -0.2) is 58.1 Å². The Kier molecular flexibility index (Phi) is 34.6. The molecule has 0 radical (unpaired) electrons. The minimum absolute atomic E-state index is 0.125. The lowest BCUT2D eigenvalue weighted by Crippen LogP contribution is -2.28. The molecule has 280 valence electrons. The van der Waals surface area contributed by atoms with Gasteiger partial charge in [0.1, 0.15) is 0 Å². The summed E-state index contributed by atoms with van der Waals surface area (Å²) in [5.74, 6) is 0.538. The van der Waals surface area contributed by atoms with Gasteiger partial charge < -0.3 is 25.2 Å². The molecule has 0 heterocycles. The SMILES string of the molecule is CCCCCCCC/C=C\CCCCC(CC(C)CC(O)CO)OC(CCCC/C=C\CCCCCCCC)CC(C)CC(O)CO. The molecule has 0 aromatic heterocycles. The van der Waals surface area contributed by atoms with Crippen LogP contribution in [0.15, 0.2) is 24.3 Å². The number of aliphatic hydroxyl groups excluding tert-OH is 4. The lowest BCUT2D eigenvalue weighted by molar-refractivity contribution is -0.0484. The first-order valence-corrected chi connectivity index (χ1v) is 20.4. The van der Waals surface area contributed by atoms with Gasteiger partial charge >= 0.3 is 0 Å².